The zero-order valence-corrected chi connectivity index (χ0v) is 20.0. The summed E-state index contributed by atoms with van der Waals surface area (Å²) in [5.74, 6) is 1.68. The summed E-state index contributed by atoms with van der Waals surface area (Å²) in [5.41, 5.74) is 1.31. The third kappa shape index (κ3) is 6.02. The van der Waals surface area contributed by atoms with Crippen LogP contribution in [0.4, 0.5) is 0 Å². The fraction of sp³-hybridized carbons (Fsp3) is 0.708. The maximum atomic E-state index is 12.9. The number of likely N-dealkylation sites (tertiary alicyclic amines) is 1. The molecular formula is C24H36N2O5S. The Kier molecular flexibility index (Phi) is 7.42. The summed E-state index contributed by atoms with van der Waals surface area (Å²) in [6.45, 7) is 1.08. The Morgan fingerprint density at radius 3 is 2.53 bits per heavy atom. The van der Waals surface area contributed by atoms with Gasteiger partial charge in [0.2, 0.25) is 15.9 Å². The van der Waals surface area contributed by atoms with Crippen molar-refractivity contribution in [2.24, 2.45) is 5.92 Å². The van der Waals surface area contributed by atoms with Crippen molar-refractivity contribution < 1.29 is 22.7 Å². The van der Waals surface area contributed by atoms with Crippen LogP contribution in [-0.4, -0.2) is 63.9 Å². The standard InChI is InChI=1S/C24H36N2O5S/c1-30-21-6-3-5-19(15-21)17-10-12-20(13-11-17)31-16-23-22(25-32(2,28)29)7-4-14-26(23)24(27)18-8-9-18/h3,5-6,15,17-18,20,22-23,25H,4,7-14,16H2,1-2H3/t17-,20+,22-,23-/m0/s1. The largest absolute Gasteiger partial charge is 0.497 e. The molecule has 0 aromatic heterocycles. The summed E-state index contributed by atoms with van der Waals surface area (Å²) in [5, 5.41) is 0. The number of piperidine rings is 1. The van der Waals surface area contributed by atoms with E-state index in [1.54, 1.807) is 7.11 Å². The highest BCUT2D eigenvalue weighted by molar-refractivity contribution is 7.88. The normalized spacial score (nSPS) is 29.0. The van der Waals surface area contributed by atoms with Gasteiger partial charge in [0.1, 0.15) is 5.75 Å². The Morgan fingerprint density at radius 2 is 1.88 bits per heavy atom. The van der Waals surface area contributed by atoms with Crippen molar-refractivity contribution in [2.45, 2.75) is 75.5 Å². The maximum Gasteiger partial charge on any atom is 0.226 e. The molecule has 8 heteroatoms. The first-order chi connectivity index (χ1) is 15.3. The van der Waals surface area contributed by atoms with E-state index < -0.39 is 10.0 Å². The molecule has 1 amide bonds. The second-order valence-electron chi connectivity index (χ2n) is 9.60. The first-order valence-electron chi connectivity index (χ1n) is 11.9. The van der Waals surface area contributed by atoms with E-state index in [0.717, 1.165) is 57.1 Å². The zero-order valence-electron chi connectivity index (χ0n) is 19.2. The van der Waals surface area contributed by atoms with Gasteiger partial charge in [-0.1, -0.05) is 12.1 Å². The van der Waals surface area contributed by atoms with E-state index in [-0.39, 0.29) is 30.0 Å². The van der Waals surface area contributed by atoms with Gasteiger partial charge in [0.05, 0.1) is 32.1 Å². The van der Waals surface area contributed by atoms with Gasteiger partial charge in [-0.3, -0.25) is 4.79 Å². The van der Waals surface area contributed by atoms with Crippen LogP contribution in [0.3, 0.4) is 0 Å². The van der Waals surface area contributed by atoms with Crippen molar-refractivity contribution in [3.63, 3.8) is 0 Å². The molecule has 4 rings (SSSR count). The SMILES string of the molecule is COc1cccc([C@H]2CC[C@@H](OC[C@H]3[C@@H](NS(C)(=O)=O)CCCN3C(=O)C3CC3)CC2)c1. The minimum Gasteiger partial charge on any atom is -0.497 e. The number of hydrogen-bond acceptors (Lipinski definition) is 5. The third-order valence-corrected chi connectivity index (χ3v) is 7.83. The molecule has 1 heterocycles. The highest BCUT2D eigenvalue weighted by Gasteiger charge is 2.41. The predicted octanol–water partition coefficient (Wildman–Crippen LogP) is 3.06. The molecule has 3 fully saturated rings. The summed E-state index contributed by atoms with van der Waals surface area (Å²) >= 11 is 0. The number of methoxy groups -OCH3 is 1. The fourth-order valence-corrected chi connectivity index (χ4v) is 6.03. The molecule has 0 unspecified atom stereocenters. The fourth-order valence-electron chi connectivity index (χ4n) is 5.21. The topological polar surface area (TPSA) is 84.9 Å². The van der Waals surface area contributed by atoms with Crippen LogP contribution in [0.25, 0.3) is 0 Å². The number of rotatable bonds is 8. The minimum atomic E-state index is -3.35. The Morgan fingerprint density at radius 1 is 1.12 bits per heavy atom. The summed E-state index contributed by atoms with van der Waals surface area (Å²) in [6.07, 6.45) is 8.82. The number of carbonyl (C=O) groups excluding carboxylic acids is 1. The highest BCUT2D eigenvalue weighted by atomic mass is 32.2. The molecule has 1 aromatic carbocycles. The van der Waals surface area contributed by atoms with Crippen LogP contribution >= 0.6 is 0 Å². The van der Waals surface area contributed by atoms with Gasteiger partial charge in [0.15, 0.2) is 0 Å². The molecule has 7 nitrogen and oxygen atoms in total. The van der Waals surface area contributed by atoms with Crippen LogP contribution in [0.15, 0.2) is 24.3 Å². The van der Waals surface area contributed by atoms with Gasteiger partial charge in [0.25, 0.3) is 0 Å². The Labute approximate surface area is 191 Å². The lowest BCUT2D eigenvalue weighted by atomic mass is 9.82. The number of sulfonamides is 1. The molecule has 2 aliphatic carbocycles. The minimum absolute atomic E-state index is 0.118. The number of ether oxygens (including phenoxy) is 2. The van der Waals surface area contributed by atoms with Gasteiger partial charge in [-0.15, -0.1) is 0 Å². The highest BCUT2D eigenvalue weighted by Crippen LogP contribution is 2.36. The molecule has 0 radical (unpaired) electrons. The zero-order chi connectivity index (χ0) is 22.7. The van der Waals surface area contributed by atoms with Crippen molar-refractivity contribution in [1.82, 2.24) is 9.62 Å². The summed E-state index contributed by atoms with van der Waals surface area (Å²) in [7, 11) is -1.66. The second kappa shape index (κ2) is 10.1. The molecule has 0 bridgehead atoms. The lowest BCUT2D eigenvalue weighted by Gasteiger charge is -2.42. The van der Waals surface area contributed by atoms with E-state index >= 15 is 0 Å². The van der Waals surface area contributed by atoms with Crippen LogP contribution in [0.5, 0.6) is 5.75 Å². The van der Waals surface area contributed by atoms with Crippen molar-refractivity contribution in [3.8, 4) is 5.75 Å². The number of amides is 1. The van der Waals surface area contributed by atoms with Crippen LogP contribution in [-0.2, 0) is 19.6 Å². The number of benzene rings is 1. The number of nitrogens with zero attached hydrogens (tertiary/aromatic N) is 1. The van der Waals surface area contributed by atoms with Gasteiger partial charge >= 0.3 is 0 Å². The van der Waals surface area contributed by atoms with Gasteiger partial charge in [-0.05, 0) is 75.0 Å². The van der Waals surface area contributed by atoms with Gasteiger partial charge in [-0.2, -0.15) is 0 Å². The van der Waals surface area contributed by atoms with Crippen molar-refractivity contribution >= 4 is 15.9 Å². The molecule has 1 saturated heterocycles. The van der Waals surface area contributed by atoms with Crippen LogP contribution in [0.2, 0.25) is 0 Å². The van der Waals surface area contributed by atoms with Gasteiger partial charge in [0, 0.05) is 18.5 Å². The van der Waals surface area contributed by atoms with E-state index in [1.807, 2.05) is 17.0 Å². The van der Waals surface area contributed by atoms with Gasteiger partial charge in [-0.25, -0.2) is 13.1 Å². The van der Waals surface area contributed by atoms with E-state index in [0.29, 0.717) is 19.1 Å². The summed E-state index contributed by atoms with van der Waals surface area (Å²) < 4.78 is 38.3. The molecule has 178 valence electrons. The van der Waals surface area contributed by atoms with Crippen LogP contribution in [0, 0.1) is 5.92 Å². The quantitative estimate of drug-likeness (QED) is 0.639. The molecule has 2 saturated carbocycles. The van der Waals surface area contributed by atoms with Crippen molar-refractivity contribution in [2.75, 3.05) is 26.5 Å². The number of nitrogens with one attached hydrogen (secondary N) is 1. The number of hydrogen-bond donors (Lipinski definition) is 1. The third-order valence-electron chi connectivity index (χ3n) is 7.10. The molecule has 1 aliphatic heterocycles. The molecule has 0 spiro atoms. The van der Waals surface area contributed by atoms with E-state index in [1.165, 1.54) is 11.8 Å². The summed E-state index contributed by atoms with van der Waals surface area (Å²) in [6, 6.07) is 7.78. The Bertz CT molecular complexity index is 893. The van der Waals surface area contributed by atoms with Crippen LogP contribution < -0.4 is 9.46 Å². The molecule has 32 heavy (non-hydrogen) atoms. The molecular weight excluding hydrogens is 428 g/mol. The Hall–Kier alpha value is -1.64. The maximum absolute atomic E-state index is 12.9. The smallest absolute Gasteiger partial charge is 0.226 e. The molecule has 3 aliphatic rings. The average molecular weight is 465 g/mol. The molecule has 1 aromatic rings. The lowest BCUT2D eigenvalue weighted by molar-refractivity contribution is -0.139. The van der Waals surface area contributed by atoms with Gasteiger partial charge < -0.3 is 14.4 Å². The van der Waals surface area contributed by atoms with E-state index in [2.05, 4.69) is 16.9 Å². The summed E-state index contributed by atoms with van der Waals surface area (Å²) in [4.78, 5) is 14.8. The van der Waals surface area contributed by atoms with Crippen LogP contribution in [0.1, 0.15) is 62.8 Å². The van der Waals surface area contributed by atoms with E-state index in [4.69, 9.17) is 9.47 Å². The average Bonchev–Trinajstić information content (AvgIpc) is 3.62. The van der Waals surface area contributed by atoms with Crippen molar-refractivity contribution in [3.05, 3.63) is 29.8 Å². The molecule has 2 atom stereocenters. The second-order valence-corrected chi connectivity index (χ2v) is 11.4. The first-order valence-corrected chi connectivity index (χ1v) is 13.8. The number of carbonyl (C=O) groups is 1. The lowest BCUT2D eigenvalue weighted by Crippen LogP contribution is -2.59. The molecule has 1 N–H and O–H groups in total. The Balaban J connectivity index is 1.35. The first kappa shape index (κ1) is 23.5. The van der Waals surface area contributed by atoms with E-state index in [9.17, 15) is 13.2 Å². The predicted molar refractivity (Wildman–Crippen MR) is 123 cm³/mol. The monoisotopic (exact) mass is 464 g/mol. The van der Waals surface area contributed by atoms with Crippen molar-refractivity contribution in [1.29, 1.82) is 0 Å².